The van der Waals surface area contributed by atoms with Crippen LogP contribution in [-0.4, -0.2) is 55.1 Å². The third-order valence-corrected chi connectivity index (χ3v) is 6.75. The van der Waals surface area contributed by atoms with Gasteiger partial charge in [0.15, 0.2) is 6.29 Å². The molecule has 6 nitrogen and oxygen atoms in total. The second kappa shape index (κ2) is 10.2. The SMILES string of the molecule is COC(CNC(=O)/C=C1\SC2CCCCC2N(Cc2ccccc2F)C1=O)OC. The quantitative estimate of drug-likeness (QED) is 0.541. The van der Waals surface area contributed by atoms with Crippen molar-refractivity contribution in [2.45, 2.75) is 49.8 Å². The van der Waals surface area contributed by atoms with Crippen LogP contribution in [0.1, 0.15) is 31.2 Å². The van der Waals surface area contributed by atoms with E-state index in [1.807, 2.05) is 0 Å². The Labute approximate surface area is 174 Å². The monoisotopic (exact) mass is 422 g/mol. The molecule has 2 unspecified atom stereocenters. The number of carbonyl (C=O) groups excluding carboxylic acids is 2. The molecule has 1 N–H and O–H groups in total. The summed E-state index contributed by atoms with van der Waals surface area (Å²) in [7, 11) is 2.98. The van der Waals surface area contributed by atoms with E-state index in [-0.39, 0.29) is 42.0 Å². The maximum atomic E-state index is 14.2. The summed E-state index contributed by atoms with van der Waals surface area (Å²) in [5, 5.41) is 2.91. The van der Waals surface area contributed by atoms with Crippen LogP contribution in [0.4, 0.5) is 4.39 Å². The zero-order valence-electron chi connectivity index (χ0n) is 16.7. The molecule has 158 valence electrons. The van der Waals surface area contributed by atoms with Crippen molar-refractivity contribution in [3.63, 3.8) is 0 Å². The zero-order valence-corrected chi connectivity index (χ0v) is 17.5. The van der Waals surface area contributed by atoms with Gasteiger partial charge in [0.05, 0.1) is 11.4 Å². The van der Waals surface area contributed by atoms with Crippen molar-refractivity contribution >= 4 is 23.6 Å². The highest BCUT2D eigenvalue weighted by atomic mass is 32.2. The van der Waals surface area contributed by atoms with Gasteiger partial charge in [-0.1, -0.05) is 31.0 Å². The Balaban J connectivity index is 1.77. The van der Waals surface area contributed by atoms with Gasteiger partial charge in [0.25, 0.3) is 5.91 Å². The predicted molar refractivity (Wildman–Crippen MR) is 109 cm³/mol. The van der Waals surface area contributed by atoms with Crippen LogP contribution in [0.25, 0.3) is 0 Å². The first kappa shape index (κ1) is 21.8. The summed E-state index contributed by atoms with van der Waals surface area (Å²) in [6, 6.07) is 6.58. The van der Waals surface area contributed by atoms with Crippen molar-refractivity contribution in [1.82, 2.24) is 10.2 Å². The lowest BCUT2D eigenvalue weighted by Crippen LogP contribution is -2.51. The van der Waals surface area contributed by atoms with Gasteiger partial charge in [-0.05, 0) is 18.9 Å². The number of fused-ring (bicyclic) bond motifs is 1. The van der Waals surface area contributed by atoms with Crippen molar-refractivity contribution in [2.24, 2.45) is 0 Å². The second-order valence-electron chi connectivity index (χ2n) is 7.19. The molecule has 1 saturated heterocycles. The molecule has 0 bridgehead atoms. The van der Waals surface area contributed by atoms with E-state index < -0.39 is 6.29 Å². The Kier molecular flexibility index (Phi) is 7.69. The van der Waals surface area contributed by atoms with Crippen molar-refractivity contribution in [3.05, 3.63) is 46.6 Å². The molecule has 1 aromatic carbocycles. The number of ether oxygens (including phenoxy) is 2. The summed E-state index contributed by atoms with van der Waals surface area (Å²) in [4.78, 5) is 27.6. The number of amides is 2. The average Bonchev–Trinajstić information content (AvgIpc) is 2.73. The number of carbonyl (C=O) groups is 2. The van der Waals surface area contributed by atoms with Crippen LogP contribution in [0.15, 0.2) is 35.2 Å². The average molecular weight is 423 g/mol. The topological polar surface area (TPSA) is 67.9 Å². The molecule has 2 aliphatic rings. The maximum absolute atomic E-state index is 14.2. The van der Waals surface area contributed by atoms with Crippen LogP contribution in [0, 0.1) is 5.82 Å². The number of rotatable bonds is 7. The molecular weight excluding hydrogens is 395 g/mol. The van der Waals surface area contributed by atoms with Gasteiger partial charge in [-0.2, -0.15) is 0 Å². The third-order valence-electron chi connectivity index (χ3n) is 5.35. The zero-order chi connectivity index (χ0) is 20.8. The molecule has 1 aromatic rings. The van der Waals surface area contributed by atoms with Crippen LogP contribution >= 0.6 is 11.8 Å². The highest BCUT2D eigenvalue weighted by molar-refractivity contribution is 8.04. The van der Waals surface area contributed by atoms with E-state index >= 15 is 0 Å². The van der Waals surface area contributed by atoms with Crippen molar-refractivity contribution in [1.29, 1.82) is 0 Å². The van der Waals surface area contributed by atoms with E-state index in [4.69, 9.17) is 9.47 Å². The molecule has 2 fully saturated rings. The normalized spacial score (nSPS) is 23.4. The van der Waals surface area contributed by atoms with E-state index in [0.29, 0.717) is 10.5 Å². The van der Waals surface area contributed by atoms with Crippen molar-refractivity contribution in [2.75, 3.05) is 20.8 Å². The Morgan fingerprint density at radius 1 is 1.31 bits per heavy atom. The first-order chi connectivity index (χ1) is 14.0. The van der Waals surface area contributed by atoms with Crippen molar-refractivity contribution < 1.29 is 23.5 Å². The second-order valence-corrected chi connectivity index (χ2v) is 8.47. The minimum absolute atomic E-state index is 0.0624. The van der Waals surface area contributed by atoms with E-state index in [1.54, 1.807) is 23.1 Å². The van der Waals surface area contributed by atoms with E-state index in [0.717, 1.165) is 25.7 Å². The molecule has 2 amide bonds. The fraction of sp³-hybridized carbons (Fsp3) is 0.524. The first-order valence-electron chi connectivity index (χ1n) is 9.79. The molecular formula is C21H27FN2O4S. The first-order valence-corrected chi connectivity index (χ1v) is 10.7. The van der Waals surface area contributed by atoms with Crippen LogP contribution in [-0.2, 0) is 25.6 Å². The largest absolute Gasteiger partial charge is 0.354 e. The summed E-state index contributed by atoms with van der Waals surface area (Å²) in [5.74, 6) is -0.911. The highest BCUT2D eigenvalue weighted by Crippen LogP contribution is 2.42. The van der Waals surface area contributed by atoms with Crippen LogP contribution < -0.4 is 5.32 Å². The predicted octanol–water partition coefficient (Wildman–Crippen LogP) is 2.83. The number of nitrogens with one attached hydrogen (secondary N) is 1. The van der Waals surface area contributed by atoms with Gasteiger partial charge in [-0.15, -0.1) is 11.8 Å². The van der Waals surface area contributed by atoms with E-state index in [1.165, 1.54) is 38.1 Å². The number of methoxy groups -OCH3 is 2. The molecule has 1 aliphatic heterocycles. The van der Waals surface area contributed by atoms with Crippen LogP contribution in [0.3, 0.4) is 0 Å². The molecule has 3 rings (SSSR count). The number of hydrogen-bond acceptors (Lipinski definition) is 5. The highest BCUT2D eigenvalue weighted by Gasteiger charge is 2.40. The molecule has 1 aliphatic carbocycles. The van der Waals surface area contributed by atoms with Gasteiger partial charge in [-0.25, -0.2) is 4.39 Å². The Hall–Kier alpha value is -1.90. The molecule has 29 heavy (non-hydrogen) atoms. The number of nitrogens with zero attached hydrogens (tertiary/aromatic N) is 1. The molecule has 0 aromatic heterocycles. The minimum Gasteiger partial charge on any atom is -0.354 e. The molecule has 1 saturated carbocycles. The fourth-order valence-corrected chi connectivity index (χ4v) is 5.23. The lowest BCUT2D eigenvalue weighted by Gasteiger charge is -2.44. The maximum Gasteiger partial charge on any atom is 0.261 e. The minimum atomic E-state index is -0.549. The summed E-state index contributed by atoms with van der Waals surface area (Å²) >= 11 is 1.47. The summed E-state index contributed by atoms with van der Waals surface area (Å²) in [6.45, 7) is 0.390. The number of halogens is 1. The standard InChI is InChI=1S/C21H27FN2O4S/c1-27-20(28-2)12-23-19(25)11-18-21(26)24(13-14-7-3-4-8-15(14)22)16-9-5-6-10-17(16)29-18/h3-4,7-8,11,16-17,20H,5-6,9-10,12-13H2,1-2H3,(H,23,25)/b18-11-. The van der Waals surface area contributed by atoms with Gasteiger partial charge < -0.3 is 19.7 Å². The van der Waals surface area contributed by atoms with E-state index in [9.17, 15) is 14.0 Å². The molecule has 1 heterocycles. The van der Waals surface area contributed by atoms with Gasteiger partial charge in [-0.3, -0.25) is 9.59 Å². The molecule has 8 heteroatoms. The van der Waals surface area contributed by atoms with Crippen LogP contribution in [0.2, 0.25) is 0 Å². The molecule has 0 radical (unpaired) electrons. The molecule has 2 atom stereocenters. The van der Waals surface area contributed by atoms with Gasteiger partial charge in [0, 0.05) is 43.7 Å². The van der Waals surface area contributed by atoms with Gasteiger partial charge >= 0.3 is 0 Å². The summed E-state index contributed by atoms with van der Waals surface area (Å²) < 4.78 is 24.3. The summed E-state index contributed by atoms with van der Waals surface area (Å²) in [6.07, 6.45) is 4.82. The van der Waals surface area contributed by atoms with Gasteiger partial charge in [0.1, 0.15) is 5.82 Å². The summed E-state index contributed by atoms with van der Waals surface area (Å²) in [5.41, 5.74) is 0.490. The Morgan fingerprint density at radius 3 is 2.76 bits per heavy atom. The third kappa shape index (κ3) is 5.38. The smallest absolute Gasteiger partial charge is 0.261 e. The Bertz CT molecular complexity index is 769. The number of hydrogen-bond donors (Lipinski definition) is 1. The molecule has 0 spiro atoms. The van der Waals surface area contributed by atoms with Crippen molar-refractivity contribution in [3.8, 4) is 0 Å². The lowest BCUT2D eigenvalue weighted by molar-refractivity contribution is -0.131. The number of thioether (sulfide) groups is 1. The Morgan fingerprint density at radius 2 is 2.03 bits per heavy atom. The fourth-order valence-electron chi connectivity index (χ4n) is 3.79. The number of benzene rings is 1. The van der Waals surface area contributed by atoms with Crippen LogP contribution in [0.5, 0.6) is 0 Å². The van der Waals surface area contributed by atoms with E-state index in [2.05, 4.69) is 5.32 Å². The van der Waals surface area contributed by atoms with Gasteiger partial charge in [0.2, 0.25) is 5.91 Å². The lowest BCUT2D eigenvalue weighted by atomic mass is 9.92.